The summed E-state index contributed by atoms with van der Waals surface area (Å²) in [4.78, 5) is 23.3. The second kappa shape index (κ2) is 6.89. The Morgan fingerprint density at radius 1 is 1.26 bits per heavy atom. The van der Waals surface area contributed by atoms with Crippen molar-refractivity contribution in [1.29, 1.82) is 0 Å². The zero-order valence-corrected chi connectivity index (χ0v) is 11.8. The second-order valence-electron chi connectivity index (χ2n) is 6.05. The molecule has 0 aliphatic heterocycles. The highest BCUT2D eigenvalue weighted by Crippen LogP contribution is 2.41. The van der Waals surface area contributed by atoms with E-state index in [-0.39, 0.29) is 25.0 Å². The summed E-state index contributed by atoms with van der Waals surface area (Å²) in [6.45, 7) is 3.93. The smallest absolute Gasteiger partial charge is 0.310 e. The predicted molar refractivity (Wildman–Crippen MR) is 71.6 cm³/mol. The molecule has 1 saturated carbocycles. The van der Waals surface area contributed by atoms with E-state index in [1.807, 2.05) is 13.8 Å². The molecule has 0 heterocycles. The molecule has 5 heteroatoms. The molecule has 0 saturated heterocycles. The van der Waals surface area contributed by atoms with E-state index in [1.54, 1.807) is 0 Å². The summed E-state index contributed by atoms with van der Waals surface area (Å²) in [5.41, 5.74) is -0.887. The molecular formula is C14H25NO4. The van der Waals surface area contributed by atoms with Gasteiger partial charge in [0.2, 0.25) is 5.91 Å². The van der Waals surface area contributed by atoms with Crippen LogP contribution in [0.15, 0.2) is 0 Å². The van der Waals surface area contributed by atoms with Crippen molar-refractivity contribution in [3.8, 4) is 0 Å². The summed E-state index contributed by atoms with van der Waals surface area (Å²) in [7, 11) is 0. The molecule has 19 heavy (non-hydrogen) atoms. The predicted octanol–water partition coefficient (Wildman–Crippen LogP) is 1.54. The molecule has 0 aromatic carbocycles. The van der Waals surface area contributed by atoms with Gasteiger partial charge in [0.15, 0.2) is 0 Å². The minimum atomic E-state index is -0.887. The minimum absolute atomic E-state index is 0.0247. The Hall–Kier alpha value is -1.10. The molecule has 3 N–H and O–H groups in total. The molecule has 0 aromatic heterocycles. The summed E-state index contributed by atoms with van der Waals surface area (Å²) >= 11 is 0. The van der Waals surface area contributed by atoms with Crippen LogP contribution in [0.2, 0.25) is 0 Å². The van der Waals surface area contributed by atoms with E-state index in [4.69, 9.17) is 0 Å². The van der Waals surface area contributed by atoms with Crippen molar-refractivity contribution in [3.63, 3.8) is 0 Å². The molecule has 1 aliphatic rings. The number of carboxylic acid groups (broad SMARTS) is 1. The van der Waals surface area contributed by atoms with Gasteiger partial charge in [0, 0.05) is 6.42 Å². The Kier molecular flexibility index (Phi) is 5.79. The minimum Gasteiger partial charge on any atom is -0.481 e. The lowest BCUT2D eigenvalue weighted by atomic mass is 9.82. The van der Waals surface area contributed by atoms with Crippen LogP contribution in [-0.2, 0) is 9.59 Å². The molecule has 0 bridgehead atoms. The van der Waals surface area contributed by atoms with Crippen molar-refractivity contribution < 1.29 is 19.8 Å². The first-order valence-electron chi connectivity index (χ1n) is 7.03. The van der Waals surface area contributed by atoms with E-state index >= 15 is 0 Å². The molecule has 1 atom stereocenters. The maximum absolute atomic E-state index is 12.0. The number of amides is 1. The van der Waals surface area contributed by atoms with Crippen LogP contribution in [0.3, 0.4) is 0 Å². The van der Waals surface area contributed by atoms with Crippen molar-refractivity contribution in [1.82, 2.24) is 5.32 Å². The Bertz CT molecular complexity index is 321. The van der Waals surface area contributed by atoms with E-state index in [0.29, 0.717) is 25.2 Å². The largest absolute Gasteiger partial charge is 0.481 e. The molecule has 0 spiro atoms. The lowest BCUT2D eigenvalue weighted by Gasteiger charge is -2.25. The zero-order valence-electron chi connectivity index (χ0n) is 11.8. The average molecular weight is 271 g/mol. The number of carboxylic acids is 1. The van der Waals surface area contributed by atoms with Crippen LogP contribution in [0, 0.1) is 11.3 Å². The van der Waals surface area contributed by atoms with Crippen LogP contribution in [0.1, 0.15) is 52.4 Å². The third kappa shape index (κ3) is 4.49. The van der Waals surface area contributed by atoms with Gasteiger partial charge in [-0.25, -0.2) is 0 Å². The first kappa shape index (κ1) is 16.0. The number of rotatable bonds is 7. The van der Waals surface area contributed by atoms with Gasteiger partial charge in [-0.3, -0.25) is 9.59 Å². The fourth-order valence-electron chi connectivity index (χ4n) is 2.85. The normalized spacial score (nSPS) is 19.4. The second-order valence-corrected chi connectivity index (χ2v) is 6.05. The van der Waals surface area contributed by atoms with Gasteiger partial charge in [-0.05, 0) is 25.2 Å². The van der Waals surface area contributed by atoms with Crippen molar-refractivity contribution in [2.24, 2.45) is 11.3 Å². The van der Waals surface area contributed by atoms with Crippen LogP contribution in [0.4, 0.5) is 0 Å². The van der Waals surface area contributed by atoms with Gasteiger partial charge < -0.3 is 15.5 Å². The van der Waals surface area contributed by atoms with Crippen molar-refractivity contribution in [3.05, 3.63) is 0 Å². The lowest BCUT2D eigenvalue weighted by Crippen LogP contribution is -2.42. The van der Waals surface area contributed by atoms with Crippen molar-refractivity contribution >= 4 is 11.9 Å². The third-order valence-corrected chi connectivity index (χ3v) is 3.85. The van der Waals surface area contributed by atoms with Gasteiger partial charge in [0.1, 0.15) is 0 Å². The molecule has 0 aromatic rings. The fourth-order valence-corrected chi connectivity index (χ4v) is 2.85. The molecule has 110 valence electrons. The summed E-state index contributed by atoms with van der Waals surface area (Å²) in [5.74, 6) is -0.758. The monoisotopic (exact) mass is 271 g/mol. The fraction of sp³-hybridized carbons (Fsp3) is 0.857. The number of aliphatic hydroxyl groups is 1. The van der Waals surface area contributed by atoms with Crippen molar-refractivity contribution in [2.75, 3.05) is 6.61 Å². The molecule has 5 nitrogen and oxygen atoms in total. The maximum atomic E-state index is 12.0. The Labute approximate surface area is 114 Å². The molecule has 1 aliphatic carbocycles. The summed E-state index contributed by atoms with van der Waals surface area (Å²) < 4.78 is 0. The first-order valence-corrected chi connectivity index (χ1v) is 7.03. The highest BCUT2D eigenvalue weighted by molar-refractivity contribution is 5.85. The SMILES string of the molecule is CC(C)CC(CO)NC(=O)CC1(C(=O)O)CCCC1. The van der Waals surface area contributed by atoms with Crippen LogP contribution >= 0.6 is 0 Å². The number of hydrogen-bond acceptors (Lipinski definition) is 3. The third-order valence-electron chi connectivity index (χ3n) is 3.85. The first-order chi connectivity index (χ1) is 8.89. The number of aliphatic carboxylic acids is 1. The highest BCUT2D eigenvalue weighted by Gasteiger charge is 2.43. The maximum Gasteiger partial charge on any atom is 0.310 e. The number of carbonyl (C=O) groups is 2. The average Bonchev–Trinajstić information content (AvgIpc) is 2.77. The number of hydrogen-bond donors (Lipinski definition) is 3. The summed E-state index contributed by atoms with van der Waals surface area (Å²) in [6, 6.07) is -0.278. The standard InChI is InChI=1S/C14H25NO4/c1-10(2)7-11(9-16)15-12(17)8-14(13(18)19)5-3-4-6-14/h10-11,16H,3-9H2,1-2H3,(H,15,17)(H,18,19). The number of carbonyl (C=O) groups excluding carboxylic acids is 1. The molecule has 1 unspecified atom stereocenters. The number of aliphatic hydroxyl groups excluding tert-OH is 1. The van der Waals surface area contributed by atoms with Gasteiger partial charge in [-0.2, -0.15) is 0 Å². The molecule has 1 amide bonds. The summed E-state index contributed by atoms with van der Waals surface area (Å²) in [5, 5.41) is 21.3. The molecule has 0 radical (unpaired) electrons. The Morgan fingerprint density at radius 3 is 2.26 bits per heavy atom. The van der Waals surface area contributed by atoms with Gasteiger partial charge in [0.25, 0.3) is 0 Å². The molecule has 1 fully saturated rings. The molecular weight excluding hydrogens is 246 g/mol. The zero-order chi connectivity index (χ0) is 14.5. The topological polar surface area (TPSA) is 86.6 Å². The Morgan fingerprint density at radius 2 is 1.84 bits per heavy atom. The lowest BCUT2D eigenvalue weighted by molar-refractivity contribution is -0.151. The van der Waals surface area contributed by atoms with Crippen LogP contribution in [0.25, 0.3) is 0 Å². The highest BCUT2D eigenvalue weighted by atomic mass is 16.4. The molecule has 1 rings (SSSR count). The van der Waals surface area contributed by atoms with Gasteiger partial charge in [0.05, 0.1) is 18.1 Å². The van der Waals surface area contributed by atoms with Crippen molar-refractivity contribution in [2.45, 2.75) is 58.4 Å². The van der Waals surface area contributed by atoms with Crippen LogP contribution in [-0.4, -0.2) is 34.7 Å². The summed E-state index contributed by atoms with van der Waals surface area (Å²) in [6.07, 6.45) is 3.61. The quantitative estimate of drug-likeness (QED) is 0.655. The van der Waals surface area contributed by atoms with E-state index in [1.165, 1.54) is 0 Å². The van der Waals surface area contributed by atoms with Gasteiger partial charge >= 0.3 is 5.97 Å². The van der Waals surface area contributed by atoms with Gasteiger partial charge in [-0.1, -0.05) is 26.7 Å². The Balaban J connectivity index is 2.55. The van der Waals surface area contributed by atoms with E-state index in [2.05, 4.69) is 5.32 Å². The van der Waals surface area contributed by atoms with Gasteiger partial charge in [-0.15, -0.1) is 0 Å². The van der Waals surface area contributed by atoms with E-state index in [0.717, 1.165) is 12.8 Å². The number of nitrogens with one attached hydrogen (secondary N) is 1. The van der Waals surface area contributed by atoms with E-state index in [9.17, 15) is 19.8 Å². The van der Waals surface area contributed by atoms with Crippen LogP contribution < -0.4 is 5.32 Å². The van der Waals surface area contributed by atoms with E-state index < -0.39 is 11.4 Å². The van der Waals surface area contributed by atoms with Crippen LogP contribution in [0.5, 0.6) is 0 Å².